The highest BCUT2D eigenvalue weighted by Crippen LogP contribution is 2.40. The predicted octanol–water partition coefficient (Wildman–Crippen LogP) is 4.49. The van der Waals surface area contributed by atoms with E-state index in [0.29, 0.717) is 16.8 Å². The molecule has 168 valence electrons. The van der Waals surface area contributed by atoms with Gasteiger partial charge in [-0.05, 0) is 32.0 Å². The number of aromatic nitrogens is 2. The summed E-state index contributed by atoms with van der Waals surface area (Å²) in [6.45, 7) is 2.79. The third kappa shape index (κ3) is 4.92. The zero-order valence-electron chi connectivity index (χ0n) is 14.9. The number of rotatable bonds is 6. The van der Waals surface area contributed by atoms with E-state index in [2.05, 4.69) is 17.3 Å². The number of halogens is 8. The summed E-state index contributed by atoms with van der Waals surface area (Å²) in [6.07, 6.45) is -3.53. The van der Waals surface area contributed by atoms with Gasteiger partial charge in [0.1, 0.15) is 16.7 Å². The lowest BCUT2D eigenvalue weighted by Gasteiger charge is -2.16. The largest absolute Gasteiger partial charge is 0.502 e. The van der Waals surface area contributed by atoms with E-state index in [1.165, 1.54) is 12.5 Å². The van der Waals surface area contributed by atoms with Crippen molar-refractivity contribution in [1.82, 2.24) is 15.1 Å². The molecule has 0 unspecified atom stereocenters. The van der Waals surface area contributed by atoms with Crippen molar-refractivity contribution < 1.29 is 34.8 Å². The number of nitriles is 1. The van der Waals surface area contributed by atoms with Gasteiger partial charge >= 0.3 is 11.7 Å². The molecule has 2 rings (SSSR count). The van der Waals surface area contributed by atoms with E-state index in [4.69, 9.17) is 23.2 Å². The van der Waals surface area contributed by atoms with Gasteiger partial charge in [0, 0.05) is 6.54 Å². The molecule has 0 spiro atoms. The molecule has 15 heteroatoms. The molecule has 0 saturated carbocycles. The van der Waals surface area contributed by atoms with Crippen LogP contribution < -0.4 is 5.32 Å². The van der Waals surface area contributed by atoms with Crippen molar-refractivity contribution in [2.24, 2.45) is 0 Å². The van der Waals surface area contributed by atoms with E-state index in [9.17, 15) is 40.0 Å². The highest BCUT2D eigenvalue weighted by molar-refractivity contribution is 7.92. The highest BCUT2D eigenvalue weighted by Gasteiger charge is 2.51. The molecule has 0 aliphatic rings. The van der Waals surface area contributed by atoms with Crippen molar-refractivity contribution >= 4 is 33.0 Å². The lowest BCUT2D eigenvalue weighted by Crippen LogP contribution is -2.26. The van der Waals surface area contributed by atoms with Crippen LogP contribution in [0.2, 0.25) is 10.0 Å². The maximum Gasteiger partial charge on any atom is 0.502 e. The minimum atomic E-state index is -6.07. The number of alkyl halides is 6. The number of benzene rings is 1. The van der Waals surface area contributed by atoms with Gasteiger partial charge in [-0.25, -0.2) is 13.1 Å². The first-order chi connectivity index (χ1) is 14.2. The first kappa shape index (κ1) is 25.3. The van der Waals surface area contributed by atoms with Crippen molar-refractivity contribution in [2.75, 3.05) is 6.54 Å². The molecule has 0 aliphatic carbocycles. The second kappa shape index (κ2) is 8.85. The summed E-state index contributed by atoms with van der Waals surface area (Å²) >= 11 is 11.8. The minimum absolute atomic E-state index is 0.00699. The van der Waals surface area contributed by atoms with Crippen LogP contribution in [0.15, 0.2) is 17.0 Å². The van der Waals surface area contributed by atoms with Gasteiger partial charge < -0.3 is 5.32 Å². The van der Waals surface area contributed by atoms with Crippen molar-refractivity contribution in [3.8, 4) is 11.8 Å². The summed E-state index contributed by atoms with van der Waals surface area (Å²) in [5, 5.41) is 13.9. The molecule has 1 aromatic carbocycles. The smallest absolute Gasteiger partial charge is 0.311 e. The molecule has 1 N–H and O–H groups in total. The van der Waals surface area contributed by atoms with Crippen LogP contribution in [0.4, 0.5) is 26.3 Å². The predicted molar refractivity (Wildman–Crippen MR) is 97.9 cm³/mol. The Morgan fingerprint density at radius 1 is 1.19 bits per heavy atom. The molecule has 2 radical (unpaired) electrons. The Bertz CT molecular complexity index is 1110. The standard InChI is InChI=1S/C16H10Cl2F6N4O2S/c1-2-3-26-7-12-14(31(29,30)16(22,23)24)11(6-25)27-28(12)13-9(17)4-8(5-10(13)18)15(19,20)21/h2,4-5,26H,1,3,7H2. The van der Waals surface area contributed by atoms with Crippen LogP contribution in [0, 0.1) is 24.7 Å². The van der Waals surface area contributed by atoms with Gasteiger partial charge in [0.2, 0.25) is 0 Å². The lowest BCUT2D eigenvalue weighted by atomic mass is 10.2. The Balaban J connectivity index is 2.88. The van der Waals surface area contributed by atoms with Gasteiger partial charge in [-0.2, -0.15) is 36.7 Å². The zero-order chi connectivity index (χ0) is 23.8. The maximum atomic E-state index is 13.2. The van der Waals surface area contributed by atoms with Crippen LogP contribution in [-0.2, 0) is 22.6 Å². The monoisotopic (exact) mass is 506 g/mol. The average molecular weight is 507 g/mol. The highest BCUT2D eigenvalue weighted by atomic mass is 35.5. The zero-order valence-corrected chi connectivity index (χ0v) is 17.3. The lowest BCUT2D eigenvalue weighted by molar-refractivity contribution is -0.137. The van der Waals surface area contributed by atoms with Crippen LogP contribution in [0.3, 0.4) is 0 Å². The molecule has 1 aromatic heterocycles. The molecule has 0 saturated heterocycles. The fourth-order valence-electron chi connectivity index (χ4n) is 2.47. The molecule has 2 aromatic rings. The van der Waals surface area contributed by atoms with E-state index in [0.717, 1.165) is 0 Å². The summed E-state index contributed by atoms with van der Waals surface area (Å²) in [6, 6.07) is 2.12. The topological polar surface area (TPSA) is 87.8 Å². The number of nitrogens with one attached hydrogen (secondary N) is 1. The molecule has 6 nitrogen and oxygen atoms in total. The molecule has 0 atom stereocenters. The van der Waals surface area contributed by atoms with E-state index < -0.39 is 65.6 Å². The summed E-state index contributed by atoms with van der Waals surface area (Å²) in [5.74, 6) is 0. The van der Waals surface area contributed by atoms with E-state index in [1.54, 1.807) is 0 Å². The third-order valence-corrected chi connectivity index (χ3v) is 5.90. The Morgan fingerprint density at radius 3 is 2.16 bits per heavy atom. The normalized spacial score (nSPS) is 12.8. The Kier molecular flexibility index (Phi) is 7.21. The van der Waals surface area contributed by atoms with Gasteiger partial charge in [0.05, 0.1) is 21.3 Å². The minimum Gasteiger partial charge on any atom is -0.311 e. The fraction of sp³-hybridized carbons (Fsp3) is 0.250. The van der Waals surface area contributed by atoms with Gasteiger partial charge in [0.25, 0.3) is 9.84 Å². The van der Waals surface area contributed by atoms with Gasteiger partial charge in [-0.15, -0.1) is 0 Å². The molecule has 0 bridgehead atoms. The second-order valence-corrected chi connectivity index (χ2v) is 8.50. The first-order valence-corrected chi connectivity index (χ1v) is 10.1. The quantitative estimate of drug-likeness (QED) is 0.460. The van der Waals surface area contributed by atoms with Crippen molar-refractivity contribution in [1.29, 1.82) is 5.26 Å². The van der Waals surface area contributed by atoms with Crippen molar-refractivity contribution in [2.45, 2.75) is 23.1 Å². The average Bonchev–Trinajstić information content (AvgIpc) is 2.98. The van der Waals surface area contributed by atoms with Gasteiger partial charge in [-0.3, -0.25) is 0 Å². The summed E-state index contributed by atoms with van der Waals surface area (Å²) < 4.78 is 103. The molecule has 0 fully saturated rings. The summed E-state index contributed by atoms with van der Waals surface area (Å²) in [4.78, 5) is -1.47. The molecule has 31 heavy (non-hydrogen) atoms. The van der Waals surface area contributed by atoms with Crippen molar-refractivity contribution in [3.05, 3.63) is 52.5 Å². The Hall–Kier alpha value is -2.01. The Morgan fingerprint density at radius 2 is 1.74 bits per heavy atom. The first-order valence-electron chi connectivity index (χ1n) is 7.88. The maximum absolute atomic E-state index is 13.2. The molecule has 0 aliphatic heterocycles. The summed E-state index contributed by atoms with van der Waals surface area (Å²) in [5.41, 5.74) is -9.42. The second-order valence-electron chi connectivity index (χ2n) is 5.80. The number of hydrogen-bond acceptors (Lipinski definition) is 5. The van der Waals surface area contributed by atoms with Crippen LogP contribution >= 0.6 is 23.2 Å². The third-order valence-electron chi connectivity index (χ3n) is 3.75. The SMILES string of the molecule is [CH2][CH]CNCc1c(S(=O)(=O)C(F)(F)F)c(C#N)nn1-c1c(Cl)cc(C(F)(F)F)cc1Cl. The number of hydrogen-bond donors (Lipinski definition) is 1. The molecule has 0 amide bonds. The van der Waals surface area contributed by atoms with Crippen LogP contribution in [0.5, 0.6) is 0 Å². The molecular weight excluding hydrogens is 497 g/mol. The van der Waals surface area contributed by atoms with E-state index >= 15 is 0 Å². The summed E-state index contributed by atoms with van der Waals surface area (Å²) in [7, 11) is -6.07. The van der Waals surface area contributed by atoms with Crippen LogP contribution in [0.1, 0.15) is 17.0 Å². The number of nitrogens with zero attached hydrogens (tertiary/aromatic N) is 3. The van der Waals surface area contributed by atoms with Crippen LogP contribution in [-0.4, -0.2) is 30.3 Å². The fourth-order valence-corrected chi connectivity index (χ4v) is 4.16. The van der Waals surface area contributed by atoms with E-state index in [1.807, 2.05) is 0 Å². The molecular formula is C16H10Cl2F6N4O2S. The van der Waals surface area contributed by atoms with Gasteiger partial charge in [0.15, 0.2) is 5.69 Å². The molecule has 1 heterocycles. The van der Waals surface area contributed by atoms with Crippen LogP contribution in [0.25, 0.3) is 5.69 Å². The Labute approximate surface area is 182 Å². The number of sulfone groups is 1. The van der Waals surface area contributed by atoms with E-state index in [-0.39, 0.29) is 6.54 Å². The van der Waals surface area contributed by atoms with Gasteiger partial charge in [-0.1, -0.05) is 23.2 Å². The van der Waals surface area contributed by atoms with Crippen molar-refractivity contribution in [3.63, 3.8) is 0 Å².